The van der Waals surface area contributed by atoms with Gasteiger partial charge in [0.25, 0.3) is 0 Å². The molecule has 0 spiro atoms. The van der Waals surface area contributed by atoms with Crippen molar-refractivity contribution in [3.8, 4) is 0 Å². The van der Waals surface area contributed by atoms with Gasteiger partial charge in [-0.15, -0.1) is 0 Å². The summed E-state index contributed by atoms with van der Waals surface area (Å²) in [6.07, 6.45) is 5.23. The smallest absolute Gasteiger partial charge is 0.0366 e. The molecule has 0 bridgehead atoms. The van der Waals surface area contributed by atoms with Gasteiger partial charge in [-0.3, -0.25) is 0 Å². The summed E-state index contributed by atoms with van der Waals surface area (Å²) in [4.78, 5) is 2.48. The summed E-state index contributed by atoms with van der Waals surface area (Å²) in [5.74, 6) is 0. The summed E-state index contributed by atoms with van der Waals surface area (Å²) in [7, 11) is 0. The van der Waals surface area contributed by atoms with Crippen LogP contribution in [-0.2, 0) is 0 Å². The molecule has 0 fully saturated rings. The molecule has 0 aliphatic heterocycles. The lowest BCUT2D eigenvalue weighted by Gasteiger charge is -2.23. The summed E-state index contributed by atoms with van der Waals surface area (Å²) in [6, 6.07) is 8.89. The van der Waals surface area contributed by atoms with Gasteiger partial charge in [-0.05, 0) is 66.1 Å². The topological polar surface area (TPSA) is 15.3 Å². The van der Waals surface area contributed by atoms with Crippen LogP contribution in [0.2, 0.25) is 0 Å². The van der Waals surface area contributed by atoms with E-state index in [0.717, 1.165) is 13.1 Å². The molecule has 0 unspecified atom stereocenters. The van der Waals surface area contributed by atoms with Gasteiger partial charge in [0.05, 0.1) is 0 Å². The summed E-state index contributed by atoms with van der Waals surface area (Å²) in [5, 5.41) is 3.55. The lowest BCUT2D eigenvalue weighted by atomic mass is 10.1. The normalized spacial score (nSPS) is 11.7. The molecule has 0 amide bonds. The largest absolute Gasteiger partial charge is 0.372 e. The van der Waals surface area contributed by atoms with Gasteiger partial charge in [0.2, 0.25) is 0 Å². The third-order valence-electron chi connectivity index (χ3n) is 3.79. The average molecular weight is 290 g/mol. The third kappa shape index (κ3) is 8.11. The van der Waals surface area contributed by atoms with E-state index < -0.39 is 0 Å². The van der Waals surface area contributed by atoms with Crippen LogP contribution in [0.15, 0.2) is 24.3 Å². The lowest BCUT2D eigenvalue weighted by molar-refractivity contribution is 0.416. The molecule has 0 aliphatic rings. The van der Waals surface area contributed by atoms with Crippen LogP contribution in [0.5, 0.6) is 0 Å². The predicted octanol–water partition coefficient (Wildman–Crippen LogP) is 4.77. The van der Waals surface area contributed by atoms with E-state index in [1.54, 1.807) is 0 Å². The lowest BCUT2D eigenvalue weighted by Crippen LogP contribution is -2.36. The fourth-order valence-electron chi connectivity index (χ4n) is 2.47. The molecule has 21 heavy (non-hydrogen) atoms. The number of hydrogen-bond acceptors (Lipinski definition) is 2. The first-order valence-electron chi connectivity index (χ1n) is 8.49. The highest BCUT2D eigenvalue weighted by Gasteiger charge is 2.07. The van der Waals surface area contributed by atoms with Crippen molar-refractivity contribution in [3.05, 3.63) is 29.8 Å². The molecule has 1 rings (SSSR count). The van der Waals surface area contributed by atoms with E-state index in [1.807, 2.05) is 0 Å². The van der Waals surface area contributed by atoms with Crippen LogP contribution >= 0.6 is 0 Å². The van der Waals surface area contributed by atoms with Crippen molar-refractivity contribution in [2.45, 2.75) is 65.8 Å². The van der Waals surface area contributed by atoms with Crippen LogP contribution in [0.3, 0.4) is 0 Å². The van der Waals surface area contributed by atoms with Gasteiger partial charge in [0.1, 0.15) is 0 Å². The van der Waals surface area contributed by atoms with Crippen LogP contribution in [0, 0.1) is 6.92 Å². The Morgan fingerprint density at radius 3 is 2.14 bits per heavy atom. The van der Waals surface area contributed by atoms with Crippen molar-refractivity contribution < 1.29 is 0 Å². The van der Waals surface area contributed by atoms with E-state index in [9.17, 15) is 0 Å². The molecule has 1 aromatic rings. The maximum Gasteiger partial charge on any atom is 0.0366 e. The van der Waals surface area contributed by atoms with Crippen molar-refractivity contribution in [3.63, 3.8) is 0 Å². The van der Waals surface area contributed by atoms with E-state index >= 15 is 0 Å². The Morgan fingerprint density at radius 2 is 1.57 bits per heavy atom. The van der Waals surface area contributed by atoms with Gasteiger partial charge >= 0.3 is 0 Å². The van der Waals surface area contributed by atoms with E-state index in [2.05, 4.69) is 69.1 Å². The average Bonchev–Trinajstić information content (AvgIpc) is 2.42. The Kier molecular flexibility index (Phi) is 7.81. The molecule has 0 aromatic heterocycles. The van der Waals surface area contributed by atoms with E-state index in [0.29, 0.717) is 0 Å². The van der Waals surface area contributed by atoms with Crippen LogP contribution < -0.4 is 10.2 Å². The number of benzene rings is 1. The maximum atomic E-state index is 3.55. The second-order valence-corrected chi connectivity index (χ2v) is 7.01. The molecule has 0 atom stereocenters. The van der Waals surface area contributed by atoms with Crippen LogP contribution in [-0.4, -0.2) is 25.2 Å². The molecule has 1 aromatic carbocycles. The highest BCUT2D eigenvalue weighted by Crippen LogP contribution is 2.16. The first-order valence-corrected chi connectivity index (χ1v) is 8.49. The van der Waals surface area contributed by atoms with E-state index in [4.69, 9.17) is 0 Å². The number of nitrogens with one attached hydrogen (secondary N) is 1. The Morgan fingerprint density at radius 1 is 0.952 bits per heavy atom. The first kappa shape index (κ1) is 18.0. The monoisotopic (exact) mass is 290 g/mol. The third-order valence-corrected chi connectivity index (χ3v) is 3.79. The predicted molar refractivity (Wildman–Crippen MR) is 95.3 cm³/mol. The molecular formula is C19H34N2. The summed E-state index contributed by atoms with van der Waals surface area (Å²) < 4.78 is 0. The highest BCUT2D eigenvalue weighted by atomic mass is 15.1. The maximum absolute atomic E-state index is 3.55. The van der Waals surface area contributed by atoms with Crippen LogP contribution in [0.1, 0.15) is 58.9 Å². The van der Waals surface area contributed by atoms with Crippen molar-refractivity contribution in [1.82, 2.24) is 5.32 Å². The number of anilines is 1. The number of nitrogens with zero attached hydrogens (tertiary/aromatic N) is 1. The summed E-state index contributed by atoms with van der Waals surface area (Å²) in [6.45, 7) is 14.5. The SMILES string of the molecule is CCN(CCCCCCNC(C)(C)C)c1ccc(C)cc1. The van der Waals surface area contributed by atoms with Gasteiger partial charge in [0.15, 0.2) is 0 Å². The molecule has 0 saturated heterocycles. The van der Waals surface area contributed by atoms with Gasteiger partial charge in [-0.2, -0.15) is 0 Å². The minimum atomic E-state index is 0.254. The fraction of sp³-hybridized carbons (Fsp3) is 0.684. The zero-order valence-electron chi connectivity index (χ0n) is 14.7. The van der Waals surface area contributed by atoms with Gasteiger partial charge < -0.3 is 10.2 Å². The van der Waals surface area contributed by atoms with Gasteiger partial charge in [-0.25, -0.2) is 0 Å². The Balaban J connectivity index is 2.17. The number of rotatable bonds is 9. The van der Waals surface area contributed by atoms with Crippen molar-refractivity contribution in [2.24, 2.45) is 0 Å². The molecule has 1 N–H and O–H groups in total. The molecule has 0 aliphatic carbocycles. The second kappa shape index (κ2) is 9.09. The van der Waals surface area contributed by atoms with Crippen molar-refractivity contribution in [1.29, 1.82) is 0 Å². The number of unbranched alkanes of at least 4 members (excludes halogenated alkanes) is 3. The Hall–Kier alpha value is -1.02. The highest BCUT2D eigenvalue weighted by molar-refractivity contribution is 5.47. The van der Waals surface area contributed by atoms with E-state index in [1.165, 1.54) is 43.5 Å². The molecule has 2 heteroatoms. The minimum absolute atomic E-state index is 0.254. The number of aryl methyl sites for hydroxylation is 1. The standard InChI is InChI=1S/C19H34N2/c1-6-21(18-13-11-17(2)12-14-18)16-10-8-7-9-15-20-19(3,4)5/h11-14,20H,6-10,15-16H2,1-5H3. The summed E-state index contributed by atoms with van der Waals surface area (Å²) in [5.41, 5.74) is 2.95. The van der Waals surface area contributed by atoms with Gasteiger partial charge in [-0.1, -0.05) is 30.5 Å². The molecule has 120 valence electrons. The molecule has 0 radical (unpaired) electrons. The fourth-order valence-corrected chi connectivity index (χ4v) is 2.47. The quantitative estimate of drug-likeness (QED) is 0.659. The zero-order valence-corrected chi connectivity index (χ0v) is 14.7. The molecule has 0 saturated carbocycles. The zero-order chi connectivity index (χ0) is 15.7. The minimum Gasteiger partial charge on any atom is -0.372 e. The van der Waals surface area contributed by atoms with Crippen LogP contribution in [0.25, 0.3) is 0 Å². The second-order valence-electron chi connectivity index (χ2n) is 7.01. The molecular weight excluding hydrogens is 256 g/mol. The summed E-state index contributed by atoms with van der Waals surface area (Å²) >= 11 is 0. The van der Waals surface area contributed by atoms with Crippen molar-refractivity contribution in [2.75, 3.05) is 24.5 Å². The van der Waals surface area contributed by atoms with Gasteiger partial charge in [0, 0.05) is 24.3 Å². The first-order chi connectivity index (χ1) is 9.92. The molecule has 0 heterocycles. The van der Waals surface area contributed by atoms with E-state index in [-0.39, 0.29) is 5.54 Å². The number of hydrogen-bond donors (Lipinski definition) is 1. The Bertz CT molecular complexity index is 376. The molecule has 2 nitrogen and oxygen atoms in total. The Labute approximate surface area is 131 Å². The van der Waals surface area contributed by atoms with Crippen LogP contribution in [0.4, 0.5) is 5.69 Å². The van der Waals surface area contributed by atoms with Crippen molar-refractivity contribution >= 4 is 5.69 Å².